The molecule has 4 nitrogen and oxygen atoms in total. The molecule has 1 heterocycles. The molecule has 0 aromatic carbocycles. The molecule has 8 heteroatoms. The first-order valence-electron chi connectivity index (χ1n) is 5.27. The summed E-state index contributed by atoms with van der Waals surface area (Å²) in [6.45, 7) is -0.943. The number of hydrogen-bond donors (Lipinski definition) is 1. The highest BCUT2D eigenvalue weighted by molar-refractivity contribution is 7.71. The number of nitrogens with one attached hydrogen (secondary N) is 1. The van der Waals surface area contributed by atoms with Crippen molar-refractivity contribution in [3.8, 4) is 0 Å². The van der Waals surface area contributed by atoms with E-state index in [9.17, 15) is 13.2 Å². The standard InChI is InChI=1S/C9H12F3N3OS/c10-9(11,12)5-16-4-3-15-7(6-1-2-6)13-14-8(15)17/h6H,1-5H2,(H,14,17). The molecule has 17 heavy (non-hydrogen) atoms. The third-order valence-corrected chi connectivity index (χ3v) is 2.77. The van der Waals surface area contributed by atoms with E-state index in [1.807, 2.05) is 0 Å². The van der Waals surface area contributed by atoms with Gasteiger partial charge in [-0.05, 0) is 25.1 Å². The fourth-order valence-corrected chi connectivity index (χ4v) is 1.77. The minimum atomic E-state index is -4.28. The molecule has 0 radical (unpaired) electrons. The van der Waals surface area contributed by atoms with Gasteiger partial charge in [0.2, 0.25) is 0 Å². The summed E-state index contributed by atoms with van der Waals surface area (Å²) in [5, 5.41) is 6.73. The Hall–Kier alpha value is -0.890. The minimum Gasteiger partial charge on any atom is -0.370 e. The number of aromatic nitrogens is 3. The van der Waals surface area contributed by atoms with Gasteiger partial charge in [-0.2, -0.15) is 18.3 Å². The first kappa shape index (κ1) is 12.6. The number of hydrogen-bond acceptors (Lipinski definition) is 3. The molecule has 0 spiro atoms. The summed E-state index contributed by atoms with van der Waals surface area (Å²) >= 11 is 5.01. The maximum Gasteiger partial charge on any atom is 0.411 e. The van der Waals surface area contributed by atoms with E-state index < -0.39 is 12.8 Å². The molecule has 0 unspecified atom stereocenters. The lowest BCUT2D eigenvalue weighted by molar-refractivity contribution is -0.174. The van der Waals surface area contributed by atoms with Gasteiger partial charge >= 0.3 is 6.18 Å². The Morgan fingerprint density at radius 3 is 2.76 bits per heavy atom. The number of nitrogens with zero attached hydrogens (tertiary/aromatic N) is 2. The Morgan fingerprint density at radius 1 is 1.47 bits per heavy atom. The lowest BCUT2D eigenvalue weighted by Crippen LogP contribution is -2.19. The van der Waals surface area contributed by atoms with E-state index in [4.69, 9.17) is 12.2 Å². The summed E-state index contributed by atoms with van der Waals surface area (Å²) < 4.78 is 42.2. The Kier molecular flexibility index (Phi) is 3.53. The normalized spacial score (nSPS) is 16.4. The van der Waals surface area contributed by atoms with E-state index in [0.717, 1.165) is 18.7 Å². The molecular weight excluding hydrogens is 255 g/mol. The molecule has 2 rings (SSSR count). The fraction of sp³-hybridized carbons (Fsp3) is 0.778. The van der Waals surface area contributed by atoms with Crippen molar-refractivity contribution in [2.45, 2.75) is 31.5 Å². The van der Waals surface area contributed by atoms with Gasteiger partial charge in [-0.25, -0.2) is 0 Å². The van der Waals surface area contributed by atoms with Crippen molar-refractivity contribution in [3.05, 3.63) is 10.6 Å². The van der Waals surface area contributed by atoms with Gasteiger partial charge in [0, 0.05) is 5.92 Å². The van der Waals surface area contributed by atoms with Gasteiger partial charge in [0.25, 0.3) is 0 Å². The van der Waals surface area contributed by atoms with Crippen LogP contribution in [-0.4, -0.2) is 34.2 Å². The maximum atomic E-state index is 11.8. The van der Waals surface area contributed by atoms with Crippen LogP contribution in [-0.2, 0) is 11.3 Å². The first-order valence-corrected chi connectivity index (χ1v) is 5.68. The topological polar surface area (TPSA) is 42.8 Å². The quantitative estimate of drug-likeness (QED) is 0.658. The van der Waals surface area contributed by atoms with Gasteiger partial charge in [-0.3, -0.25) is 5.10 Å². The second-order valence-electron chi connectivity index (χ2n) is 3.98. The second kappa shape index (κ2) is 4.77. The molecule has 0 bridgehead atoms. The monoisotopic (exact) mass is 267 g/mol. The van der Waals surface area contributed by atoms with Crippen LogP contribution in [0.1, 0.15) is 24.6 Å². The van der Waals surface area contributed by atoms with Crippen LogP contribution < -0.4 is 0 Å². The molecule has 1 aliphatic rings. The molecule has 0 amide bonds. The molecule has 0 atom stereocenters. The Labute approximate surface area is 101 Å². The van der Waals surface area contributed by atoms with Crippen molar-refractivity contribution in [1.29, 1.82) is 0 Å². The number of ether oxygens (including phenoxy) is 1. The van der Waals surface area contributed by atoms with E-state index >= 15 is 0 Å². The molecule has 1 saturated carbocycles. The Morgan fingerprint density at radius 2 is 2.18 bits per heavy atom. The van der Waals surface area contributed by atoms with Crippen LogP contribution in [0.5, 0.6) is 0 Å². The van der Waals surface area contributed by atoms with E-state index in [0.29, 0.717) is 17.2 Å². The minimum absolute atomic E-state index is 0.0208. The zero-order valence-electron chi connectivity index (χ0n) is 8.96. The number of halogens is 3. The number of aromatic amines is 1. The maximum absolute atomic E-state index is 11.8. The molecule has 0 saturated heterocycles. The molecule has 1 aromatic heterocycles. The van der Waals surface area contributed by atoms with Crippen molar-refractivity contribution in [2.24, 2.45) is 0 Å². The fourth-order valence-electron chi connectivity index (χ4n) is 1.54. The Balaban J connectivity index is 1.86. The summed E-state index contributed by atoms with van der Waals surface area (Å²) in [5.74, 6) is 1.22. The van der Waals surface area contributed by atoms with Gasteiger partial charge in [-0.1, -0.05) is 0 Å². The van der Waals surface area contributed by atoms with Gasteiger partial charge in [-0.15, -0.1) is 0 Å². The summed E-state index contributed by atoms with van der Waals surface area (Å²) in [5.41, 5.74) is 0. The lowest BCUT2D eigenvalue weighted by Gasteiger charge is -2.09. The average molecular weight is 267 g/mol. The van der Waals surface area contributed by atoms with Crippen LogP contribution in [0.3, 0.4) is 0 Å². The summed E-state index contributed by atoms with van der Waals surface area (Å²) in [6, 6.07) is 0. The molecular formula is C9H12F3N3OS. The molecule has 96 valence electrons. The highest BCUT2D eigenvalue weighted by atomic mass is 32.1. The molecule has 1 aromatic rings. The van der Waals surface area contributed by atoms with Crippen molar-refractivity contribution in [2.75, 3.05) is 13.2 Å². The van der Waals surface area contributed by atoms with Crippen LogP contribution >= 0.6 is 12.2 Å². The lowest BCUT2D eigenvalue weighted by atomic mass is 10.4. The van der Waals surface area contributed by atoms with Gasteiger partial charge < -0.3 is 9.30 Å². The molecule has 1 aliphatic carbocycles. The van der Waals surface area contributed by atoms with E-state index in [-0.39, 0.29) is 6.61 Å². The third kappa shape index (κ3) is 3.53. The van der Waals surface area contributed by atoms with Crippen LogP contribution in [0.15, 0.2) is 0 Å². The van der Waals surface area contributed by atoms with Crippen LogP contribution in [0.4, 0.5) is 13.2 Å². The zero-order chi connectivity index (χ0) is 12.5. The summed E-state index contributed by atoms with van der Waals surface area (Å²) in [6.07, 6.45) is -2.16. The number of rotatable bonds is 5. The SMILES string of the molecule is FC(F)(F)COCCn1c(C2CC2)n[nH]c1=S. The second-order valence-corrected chi connectivity index (χ2v) is 4.37. The first-order chi connectivity index (χ1) is 7.97. The van der Waals surface area contributed by atoms with Crippen molar-refractivity contribution < 1.29 is 17.9 Å². The van der Waals surface area contributed by atoms with Crippen LogP contribution in [0, 0.1) is 4.77 Å². The highest BCUT2D eigenvalue weighted by Gasteiger charge is 2.29. The smallest absolute Gasteiger partial charge is 0.370 e. The number of H-pyrrole nitrogens is 1. The largest absolute Gasteiger partial charge is 0.411 e. The van der Waals surface area contributed by atoms with Gasteiger partial charge in [0.05, 0.1) is 13.2 Å². The predicted octanol–water partition coefficient (Wildman–Crippen LogP) is 2.40. The van der Waals surface area contributed by atoms with Crippen molar-refractivity contribution >= 4 is 12.2 Å². The predicted molar refractivity (Wildman–Crippen MR) is 56.3 cm³/mol. The molecule has 0 aliphatic heterocycles. The van der Waals surface area contributed by atoms with Crippen LogP contribution in [0.25, 0.3) is 0 Å². The van der Waals surface area contributed by atoms with Crippen molar-refractivity contribution in [1.82, 2.24) is 14.8 Å². The summed E-state index contributed by atoms with van der Waals surface area (Å²) in [4.78, 5) is 0. The average Bonchev–Trinajstić information content (AvgIpc) is 2.98. The third-order valence-electron chi connectivity index (χ3n) is 2.46. The number of alkyl halides is 3. The van der Waals surface area contributed by atoms with Crippen LogP contribution in [0.2, 0.25) is 0 Å². The van der Waals surface area contributed by atoms with Gasteiger partial charge in [0.15, 0.2) is 4.77 Å². The molecule has 1 N–H and O–H groups in total. The van der Waals surface area contributed by atoms with E-state index in [2.05, 4.69) is 14.9 Å². The molecule has 1 fully saturated rings. The van der Waals surface area contributed by atoms with E-state index in [1.54, 1.807) is 4.57 Å². The van der Waals surface area contributed by atoms with Crippen molar-refractivity contribution in [3.63, 3.8) is 0 Å². The zero-order valence-corrected chi connectivity index (χ0v) is 9.77. The van der Waals surface area contributed by atoms with E-state index in [1.165, 1.54) is 0 Å². The highest BCUT2D eigenvalue weighted by Crippen LogP contribution is 2.38. The Bertz CT molecular complexity index is 435. The van der Waals surface area contributed by atoms with Gasteiger partial charge in [0.1, 0.15) is 12.4 Å². The summed E-state index contributed by atoms with van der Waals surface area (Å²) in [7, 11) is 0.